The molecule has 6 heteroatoms. The van der Waals surface area contributed by atoms with Gasteiger partial charge in [-0.2, -0.15) is 0 Å². The first kappa shape index (κ1) is 11.2. The molecule has 1 rings (SSSR count). The average molecular weight is 335 g/mol. The zero-order valence-corrected chi connectivity index (χ0v) is 10.0. The maximum Gasteiger partial charge on any atom is 0.236 e. The molecule has 0 amide bonds. The van der Waals surface area contributed by atoms with Crippen molar-refractivity contribution in [2.45, 2.75) is 5.75 Å². The third-order valence-electron chi connectivity index (χ3n) is 1.38. The van der Waals surface area contributed by atoms with E-state index in [1.54, 1.807) is 6.07 Å². The summed E-state index contributed by atoms with van der Waals surface area (Å²) in [5.74, 6) is -1.02. The normalized spacial score (nSPS) is 11.6. The minimum atomic E-state index is -3.69. The van der Waals surface area contributed by atoms with Crippen LogP contribution in [-0.4, -0.2) is 8.42 Å². The van der Waals surface area contributed by atoms with Crippen molar-refractivity contribution in [2.75, 3.05) is 0 Å². The maximum atomic E-state index is 13.1. The predicted octanol–water partition coefficient (Wildman–Crippen LogP) is 2.50. The maximum absolute atomic E-state index is 13.1. The summed E-state index contributed by atoms with van der Waals surface area (Å²) in [4.78, 5) is 0. The Bertz CT molecular complexity index is 398. The molecule has 0 heterocycles. The summed E-state index contributed by atoms with van der Waals surface area (Å²) in [5.41, 5.74) is 0.123. The lowest BCUT2D eigenvalue weighted by molar-refractivity contribution is 0.596. The second-order valence-corrected chi connectivity index (χ2v) is 6.32. The highest BCUT2D eigenvalue weighted by molar-refractivity contribution is 14.1. The minimum absolute atomic E-state index is 0.123. The van der Waals surface area contributed by atoms with Crippen LogP contribution >= 0.6 is 33.3 Å². The van der Waals surface area contributed by atoms with Gasteiger partial charge < -0.3 is 0 Å². The molecule has 1 aromatic rings. The smallest absolute Gasteiger partial charge is 0.212 e. The topological polar surface area (TPSA) is 34.1 Å². The summed E-state index contributed by atoms with van der Waals surface area (Å²) in [6.07, 6.45) is 0. The van der Waals surface area contributed by atoms with E-state index in [-0.39, 0.29) is 5.56 Å². The van der Waals surface area contributed by atoms with Crippen molar-refractivity contribution >= 4 is 42.3 Å². The van der Waals surface area contributed by atoms with Crippen LogP contribution in [0.3, 0.4) is 0 Å². The highest BCUT2D eigenvalue weighted by atomic mass is 127. The van der Waals surface area contributed by atoms with Gasteiger partial charge >= 0.3 is 0 Å². The number of halogens is 3. The quantitative estimate of drug-likeness (QED) is 0.615. The van der Waals surface area contributed by atoms with Crippen LogP contribution in [0.25, 0.3) is 0 Å². The number of hydrogen-bond acceptors (Lipinski definition) is 2. The number of benzene rings is 1. The van der Waals surface area contributed by atoms with Crippen molar-refractivity contribution < 1.29 is 12.8 Å². The van der Waals surface area contributed by atoms with E-state index in [0.717, 1.165) is 0 Å². The van der Waals surface area contributed by atoms with E-state index in [9.17, 15) is 12.8 Å². The van der Waals surface area contributed by atoms with Gasteiger partial charge in [-0.15, -0.1) is 0 Å². The van der Waals surface area contributed by atoms with Crippen molar-refractivity contribution in [3.63, 3.8) is 0 Å². The van der Waals surface area contributed by atoms with Gasteiger partial charge in [0.2, 0.25) is 9.05 Å². The van der Waals surface area contributed by atoms with Crippen molar-refractivity contribution in [2.24, 2.45) is 0 Å². The van der Waals surface area contributed by atoms with E-state index in [2.05, 4.69) is 0 Å². The molecule has 0 unspecified atom stereocenters. The summed E-state index contributed by atoms with van der Waals surface area (Å²) in [5, 5.41) is 0. The molecule has 1 aromatic carbocycles. The molecule has 0 aliphatic carbocycles. The molecule has 2 nitrogen and oxygen atoms in total. The van der Waals surface area contributed by atoms with Gasteiger partial charge in [0.15, 0.2) is 0 Å². The Morgan fingerprint density at radius 3 is 2.54 bits per heavy atom. The largest absolute Gasteiger partial charge is 0.236 e. The van der Waals surface area contributed by atoms with Crippen molar-refractivity contribution in [1.29, 1.82) is 0 Å². The van der Waals surface area contributed by atoms with E-state index >= 15 is 0 Å². The first-order chi connectivity index (χ1) is 5.90. The van der Waals surface area contributed by atoms with Gasteiger partial charge in [-0.3, -0.25) is 0 Å². The Morgan fingerprint density at radius 2 is 2.08 bits per heavy atom. The second-order valence-electron chi connectivity index (χ2n) is 2.38. The first-order valence-electron chi connectivity index (χ1n) is 3.25. The standard InChI is InChI=1S/C7H5ClFIO2S/c8-13(11,12)4-5-6(9)2-1-3-7(5)10/h1-3H,4H2. The predicted molar refractivity (Wildman–Crippen MR) is 57.6 cm³/mol. The highest BCUT2D eigenvalue weighted by Gasteiger charge is 2.13. The second kappa shape index (κ2) is 4.10. The third-order valence-corrected chi connectivity index (χ3v) is 3.35. The Balaban J connectivity index is 3.15. The molecule has 0 aliphatic heterocycles. The molecule has 0 aliphatic rings. The van der Waals surface area contributed by atoms with Crippen LogP contribution in [0.1, 0.15) is 5.56 Å². The van der Waals surface area contributed by atoms with Crippen LogP contribution in [0.5, 0.6) is 0 Å². The molecule has 0 spiro atoms. The summed E-state index contributed by atoms with van der Waals surface area (Å²) < 4.78 is 35.0. The van der Waals surface area contributed by atoms with E-state index < -0.39 is 20.6 Å². The summed E-state index contributed by atoms with van der Waals surface area (Å²) in [7, 11) is 1.32. The van der Waals surface area contributed by atoms with Gasteiger partial charge in [0.05, 0.1) is 5.75 Å². The molecule has 0 saturated heterocycles. The fourth-order valence-electron chi connectivity index (χ4n) is 0.843. The monoisotopic (exact) mass is 334 g/mol. The van der Waals surface area contributed by atoms with Crippen molar-refractivity contribution in [3.8, 4) is 0 Å². The first-order valence-corrected chi connectivity index (χ1v) is 6.81. The summed E-state index contributed by atoms with van der Waals surface area (Å²) in [6, 6.07) is 4.35. The number of rotatable bonds is 2. The van der Waals surface area contributed by atoms with Crippen molar-refractivity contribution in [3.05, 3.63) is 33.1 Å². The fourth-order valence-corrected chi connectivity index (χ4v) is 2.72. The molecular weight excluding hydrogens is 329 g/mol. The fraction of sp³-hybridized carbons (Fsp3) is 0.143. The van der Waals surface area contributed by atoms with E-state index in [4.69, 9.17) is 10.7 Å². The van der Waals surface area contributed by atoms with Crippen LogP contribution in [0.4, 0.5) is 4.39 Å². The Labute approximate surface area is 93.7 Å². The van der Waals surface area contributed by atoms with Crippen molar-refractivity contribution in [1.82, 2.24) is 0 Å². The van der Waals surface area contributed by atoms with E-state index in [0.29, 0.717) is 3.57 Å². The van der Waals surface area contributed by atoms with Crippen LogP contribution in [-0.2, 0) is 14.8 Å². The number of hydrogen-bond donors (Lipinski definition) is 0. The Kier molecular flexibility index (Phi) is 3.53. The van der Waals surface area contributed by atoms with Gasteiger partial charge in [-0.25, -0.2) is 12.8 Å². The molecule has 0 radical (unpaired) electrons. The molecule has 0 aromatic heterocycles. The van der Waals surface area contributed by atoms with Gasteiger partial charge in [0, 0.05) is 19.8 Å². The van der Waals surface area contributed by atoms with E-state index in [1.807, 2.05) is 22.6 Å². The third kappa shape index (κ3) is 3.40. The van der Waals surface area contributed by atoms with Crippen LogP contribution in [0, 0.1) is 9.39 Å². The Morgan fingerprint density at radius 1 is 1.46 bits per heavy atom. The van der Waals surface area contributed by atoms with Gasteiger partial charge in [-0.05, 0) is 34.7 Å². The lowest BCUT2D eigenvalue weighted by Gasteiger charge is -2.02. The molecule has 0 bridgehead atoms. The Hall–Kier alpha value is 0.120. The van der Waals surface area contributed by atoms with Gasteiger partial charge in [-0.1, -0.05) is 6.07 Å². The minimum Gasteiger partial charge on any atom is -0.212 e. The molecule has 0 atom stereocenters. The SMILES string of the molecule is O=S(=O)(Cl)Cc1c(F)cccc1I. The van der Waals surface area contributed by atoms with Crippen LogP contribution in [0.2, 0.25) is 0 Å². The molecule has 0 saturated carbocycles. The zero-order valence-electron chi connectivity index (χ0n) is 6.30. The van der Waals surface area contributed by atoms with Gasteiger partial charge in [0.1, 0.15) is 5.82 Å². The lowest BCUT2D eigenvalue weighted by Crippen LogP contribution is -2.00. The average Bonchev–Trinajstić information content (AvgIpc) is 1.95. The molecule has 72 valence electrons. The summed E-state index contributed by atoms with van der Waals surface area (Å²) in [6.45, 7) is 0. The lowest BCUT2D eigenvalue weighted by atomic mass is 10.2. The molecular formula is C7H5ClFIO2S. The van der Waals surface area contributed by atoms with Gasteiger partial charge in [0.25, 0.3) is 0 Å². The van der Waals surface area contributed by atoms with Crippen LogP contribution < -0.4 is 0 Å². The molecule has 13 heavy (non-hydrogen) atoms. The molecule has 0 N–H and O–H groups in total. The van der Waals surface area contributed by atoms with Crippen LogP contribution in [0.15, 0.2) is 18.2 Å². The summed E-state index contributed by atoms with van der Waals surface area (Å²) >= 11 is 1.86. The van der Waals surface area contributed by atoms with E-state index in [1.165, 1.54) is 12.1 Å². The zero-order chi connectivity index (χ0) is 10.1. The molecule has 0 fully saturated rings. The highest BCUT2D eigenvalue weighted by Crippen LogP contribution is 2.19.